The molecule has 0 saturated carbocycles. The molecule has 1 saturated heterocycles. The topological polar surface area (TPSA) is 17.1 Å². The SMILES string of the molecule is O=S1[C@H](c2ccccc2)[C@H]1c1ccccc1. The third-order valence-corrected chi connectivity index (χ3v) is 4.73. The molecule has 1 heterocycles. The predicted octanol–water partition coefficient (Wildman–Crippen LogP) is 3.23. The number of benzene rings is 2. The molecule has 80 valence electrons. The Morgan fingerprint density at radius 3 is 1.44 bits per heavy atom. The smallest absolute Gasteiger partial charge is 0.0788 e. The largest absolute Gasteiger partial charge is 0.258 e. The van der Waals surface area contributed by atoms with Crippen molar-refractivity contribution in [2.75, 3.05) is 0 Å². The molecule has 1 aliphatic rings. The van der Waals surface area contributed by atoms with Crippen LogP contribution in [0.2, 0.25) is 0 Å². The van der Waals surface area contributed by atoms with Gasteiger partial charge < -0.3 is 0 Å². The lowest BCUT2D eigenvalue weighted by Crippen LogP contribution is -1.82. The molecule has 1 aliphatic heterocycles. The fourth-order valence-electron chi connectivity index (χ4n) is 2.09. The van der Waals surface area contributed by atoms with Gasteiger partial charge in [0.05, 0.1) is 10.5 Å². The van der Waals surface area contributed by atoms with Crippen LogP contribution >= 0.6 is 0 Å². The zero-order valence-corrected chi connectivity index (χ0v) is 9.56. The quantitative estimate of drug-likeness (QED) is 0.721. The monoisotopic (exact) mass is 228 g/mol. The Kier molecular flexibility index (Phi) is 2.37. The molecule has 0 radical (unpaired) electrons. The van der Waals surface area contributed by atoms with Crippen molar-refractivity contribution in [2.24, 2.45) is 0 Å². The van der Waals surface area contributed by atoms with Gasteiger partial charge in [0, 0.05) is 10.8 Å². The Balaban J connectivity index is 1.90. The van der Waals surface area contributed by atoms with E-state index in [1.54, 1.807) is 0 Å². The van der Waals surface area contributed by atoms with Crippen LogP contribution in [0.3, 0.4) is 0 Å². The van der Waals surface area contributed by atoms with Gasteiger partial charge in [-0.15, -0.1) is 0 Å². The highest BCUT2D eigenvalue weighted by Crippen LogP contribution is 2.54. The molecule has 0 spiro atoms. The van der Waals surface area contributed by atoms with Gasteiger partial charge in [0.15, 0.2) is 0 Å². The second kappa shape index (κ2) is 3.87. The van der Waals surface area contributed by atoms with Crippen molar-refractivity contribution in [3.63, 3.8) is 0 Å². The summed E-state index contributed by atoms with van der Waals surface area (Å²) in [6.45, 7) is 0. The summed E-state index contributed by atoms with van der Waals surface area (Å²) >= 11 is 0. The van der Waals surface area contributed by atoms with Crippen molar-refractivity contribution in [1.29, 1.82) is 0 Å². The van der Waals surface area contributed by atoms with Gasteiger partial charge in [-0.25, -0.2) is 0 Å². The highest BCUT2D eigenvalue weighted by Gasteiger charge is 2.49. The Morgan fingerprint density at radius 2 is 1.06 bits per heavy atom. The van der Waals surface area contributed by atoms with Crippen LogP contribution in [0.15, 0.2) is 60.7 Å². The van der Waals surface area contributed by atoms with Gasteiger partial charge >= 0.3 is 0 Å². The maximum absolute atomic E-state index is 11.9. The molecule has 0 amide bonds. The summed E-state index contributed by atoms with van der Waals surface area (Å²) in [7, 11) is -0.739. The zero-order valence-electron chi connectivity index (χ0n) is 8.74. The Labute approximate surface area is 97.6 Å². The fraction of sp³-hybridized carbons (Fsp3) is 0.143. The van der Waals surface area contributed by atoms with Crippen molar-refractivity contribution >= 4 is 10.8 Å². The maximum atomic E-state index is 11.9. The molecule has 16 heavy (non-hydrogen) atoms. The Hall–Kier alpha value is -1.41. The van der Waals surface area contributed by atoms with Gasteiger partial charge in [-0.2, -0.15) is 0 Å². The molecular formula is C14H12OS. The second-order valence-corrected chi connectivity index (χ2v) is 5.66. The summed E-state index contributed by atoms with van der Waals surface area (Å²) in [4.78, 5) is 0. The standard InChI is InChI=1S/C14H12OS/c15-16-13(11-7-3-1-4-8-11)14(16)12-9-5-2-6-10-12/h1-10,13-14H/t13-,14-/m1/s1. The Morgan fingerprint density at radius 1 is 0.688 bits per heavy atom. The van der Waals surface area contributed by atoms with E-state index in [9.17, 15) is 4.21 Å². The first-order valence-electron chi connectivity index (χ1n) is 5.37. The number of hydrogen-bond donors (Lipinski definition) is 0. The zero-order chi connectivity index (χ0) is 11.0. The average molecular weight is 228 g/mol. The van der Waals surface area contributed by atoms with Crippen LogP contribution in [0.4, 0.5) is 0 Å². The summed E-state index contributed by atoms with van der Waals surface area (Å²) < 4.78 is 11.9. The van der Waals surface area contributed by atoms with Crippen LogP contribution < -0.4 is 0 Å². The van der Waals surface area contributed by atoms with E-state index in [0.29, 0.717) is 0 Å². The van der Waals surface area contributed by atoms with Crippen molar-refractivity contribution in [2.45, 2.75) is 10.5 Å². The highest BCUT2D eigenvalue weighted by atomic mass is 32.2. The van der Waals surface area contributed by atoms with E-state index in [1.807, 2.05) is 36.4 Å². The maximum Gasteiger partial charge on any atom is 0.0788 e. The fourth-order valence-corrected chi connectivity index (χ4v) is 3.78. The first-order valence-corrected chi connectivity index (χ1v) is 6.65. The van der Waals surface area contributed by atoms with E-state index in [1.165, 1.54) is 11.1 Å². The van der Waals surface area contributed by atoms with Crippen LogP contribution in [-0.2, 0) is 10.8 Å². The van der Waals surface area contributed by atoms with Crippen LogP contribution in [0.25, 0.3) is 0 Å². The molecule has 2 heteroatoms. The van der Waals surface area contributed by atoms with E-state index in [0.717, 1.165) is 0 Å². The van der Waals surface area contributed by atoms with Crippen molar-refractivity contribution < 1.29 is 4.21 Å². The van der Waals surface area contributed by atoms with Crippen LogP contribution in [0, 0.1) is 0 Å². The van der Waals surface area contributed by atoms with Gasteiger partial charge in [-0.3, -0.25) is 4.21 Å². The van der Waals surface area contributed by atoms with E-state index < -0.39 is 10.8 Å². The molecule has 1 nitrogen and oxygen atoms in total. The third-order valence-electron chi connectivity index (χ3n) is 2.96. The summed E-state index contributed by atoms with van der Waals surface area (Å²) in [5.41, 5.74) is 2.38. The van der Waals surface area contributed by atoms with E-state index in [-0.39, 0.29) is 10.5 Å². The van der Waals surface area contributed by atoms with Crippen LogP contribution in [-0.4, -0.2) is 4.21 Å². The molecule has 2 aromatic rings. The molecule has 0 aromatic heterocycles. The lowest BCUT2D eigenvalue weighted by atomic mass is 10.0. The normalized spacial score (nSPS) is 27.6. The summed E-state index contributed by atoms with van der Waals surface area (Å²) in [6.07, 6.45) is 0. The molecule has 0 bridgehead atoms. The minimum absolute atomic E-state index is 0.198. The van der Waals surface area contributed by atoms with Crippen LogP contribution in [0.5, 0.6) is 0 Å². The first-order chi connectivity index (χ1) is 7.88. The van der Waals surface area contributed by atoms with Gasteiger partial charge in [0.2, 0.25) is 0 Å². The predicted molar refractivity (Wildman–Crippen MR) is 66.5 cm³/mol. The first kappa shape index (κ1) is 9.79. The number of hydrogen-bond acceptors (Lipinski definition) is 1. The lowest BCUT2D eigenvalue weighted by Gasteiger charge is -1.97. The van der Waals surface area contributed by atoms with Gasteiger partial charge in [-0.1, -0.05) is 60.7 Å². The van der Waals surface area contributed by atoms with Crippen LogP contribution in [0.1, 0.15) is 21.6 Å². The molecule has 2 atom stereocenters. The third kappa shape index (κ3) is 1.59. The minimum Gasteiger partial charge on any atom is -0.258 e. The molecule has 0 unspecified atom stereocenters. The van der Waals surface area contributed by atoms with Crippen molar-refractivity contribution in [1.82, 2.24) is 0 Å². The molecule has 3 rings (SSSR count). The van der Waals surface area contributed by atoms with Gasteiger partial charge in [0.1, 0.15) is 0 Å². The van der Waals surface area contributed by atoms with E-state index in [4.69, 9.17) is 0 Å². The van der Waals surface area contributed by atoms with Gasteiger partial charge in [0.25, 0.3) is 0 Å². The number of rotatable bonds is 2. The second-order valence-electron chi connectivity index (χ2n) is 3.99. The lowest BCUT2D eigenvalue weighted by molar-refractivity contribution is 0.692. The van der Waals surface area contributed by atoms with Gasteiger partial charge in [-0.05, 0) is 11.1 Å². The van der Waals surface area contributed by atoms with Crippen molar-refractivity contribution in [3.8, 4) is 0 Å². The Bertz CT molecular complexity index is 459. The van der Waals surface area contributed by atoms with E-state index in [2.05, 4.69) is 24.3 Å². The summed E-state index contributed by atoms with van der Waals surface area (Å²) in [6, 6.07) is 20.3. The van der Waals surface area contributed by atoms with Crippen molar-refractivity contribution in [3.05, 3.63) is 71.8 Å². The molecule has 0 aliphatic carbocycles. The van der Waals surface area contributed by atoms with E-state index >= 15 is 0 Å². The molecule has 2 aromatic carbocycles. The highest BCUT2D eigenvalue weighted by molar-refractivity contribution is 7.92. The molecule has 0 N–H and O–H groups in total. The summed E-state index contributed by atoms with van der Waals surface area (Å²) in [5.74, 6) is 0. The average Bonchev–Trinajstić information content (AvgIpc) is 3.03. The minimum atomic E-state index is -0.739. The molecule has 1 fully saturated rings. The summed E-state index contributed by atoms with van der Waals surface area (Å²) in [5, 5.41) is 0.396. The molecular weight excluding hydrogens is 216 g/mol.